The fourth-order valence-corrected chi connectivity index (χ4v) is 4.44. The molecule has 0 aliphatic carbocycles. The Morgan fingerprint density at radius 1 is 1.24 bits per heavy atom. The van der Waals surface area contributed by atoms with Crippen LogP contribution in [0.5, 0.6) is 0 Å². The van der Waals surface area contributed by atoms with Crippen LogP contribution in [-0.4, -0.2) is 51.6 Å². The Labute approximate surface area is 196 Å². The van der Waals surface area contributed by atoms with Crippen LogP contribution in [-0.2, 0) is 0 Å². The number of nitrogens with zero attached hydrogens (tertiary/aromatic N) is 4. The molecule has 9 nitrogen and oxygen atoms in total. The number of hydrogen-bond acceptors (Lipinski definition) is 6. The largest absolute Gasteiger partial charge is 0.477 e. The average molecular weight is 481 g/mol. The summed E-state index contributed by atoms with van der Waals surface area (Å²) < 4.78 is 15.9. The lowest BCUT2D eigenvalue weighted by atomic mass is 10.0. The van der Waals surface area contributed by atoms with Crippen LogP contribution in [0.25, 0.3) is 38.7 Å². The highest BCUT2D eigenvalue weighted by atomic mass is 35.5. The van der Waals surface area contributed by atoms with E-state index in [9.17, 15) is 19.1 Å². The third kappa shape index (κ3) is 3.06. The number of aromatic nitrogens is 4. The number of aromatic carboxylic acids is 1. The molecule has 4 aromatic heterocycles. The van der Waals surface area contributed by atoms with Crippen LogP contribution in [0.15, 0.2) is 41.6 Å². The van der Waals surface area contributed by atoms with Crippen LogP contribution >= 0.6 is 11.6 Å². The normalized spacial score (nSPS) is 11.4. The van der Waals surface area contributed by atoms with E-state index in [2.05, 4.69) is 20.3 Å². The first-order valence-corrected chi connectivity index (χ1v) is 10.5. The van der Waals surface area contributed by atoms with Gasteiger partial charge in [0.1, 0.15) is 22.7 Å². The van der Waals surface area contributed by atoms with Crippen LogP contribution in [0.1, 0.15) is 10.4 Å². The van der Waals surface area contributed by atoms with Crippen LogP contribution in [0.4, 0.5) is 15.8 Å². The van der Waals surface area contributed by atoms with E-state index in [1.54, 1.807) is 25.4 Å². The van der Waals surface area contributed by atoms with Crippen molar-refractivity contribution in [1.29, 1.82) is 0 Å². The van der Waals surface area contributed by atoms with E-state index in [0.29, 0.717) is 50.1 Å². The topological polar surface area (TPSA) is 116 Å². The van der Waals surface area contributed by atoms with E-state index in [0.717, 1.165) is 6.20 Å². The number of H-pyrrole nitrogens is 1. The van der Waals surface area contributed by atoms with Gasteiger partial charge in [0, 0.05) is 62.3 Å². The molecule has 4 heterocycles. The first-order valence-electron chi connectivity index (χ1n) is 10.2. The van der Waals surface area contributed by atoms with Crippen molar-refractivity contribution in [2.75, 3.05) is 31.4 Å². The van der Waals surface area contributed by atoms with E-state index >= 15 is 0 Å². The first-order chi connectivity index (χ1) is 16.2. The maximum atomic E-state index is 14.7. The number of carboxylic acid groups (broad SMARTS) is 1. The molecule has 0 bridgehead atoms. The molecule has 0 fully saturated rings. The lowest BCUT2D eigenvalue weighted by Crippen LogP contribution is -2.22. The molecule has 0 radical (unpaired) electrons. The molecule has 0 atom stereocenters. The number of anilines is 2. The van der Waals surface area contributed by atoms with Crippen molar-refractivity contribution < 1.29 is 14.3 Å². The molecule has 1 aromatic carbocycles. The number of hydrogen-bond donors (Lipinski definition) is 3. The SMILES string of the molecule is CNc1cc(F)c(Cl)c2c1[nH]c1ncc(-c3ccc4ncc(C(=O)O)c(=O)n4c3)c(N(C)C)c12. The third-order valence-electron chi connectivity index (χ3n) is 5.72. The number of carbonyl (C=O) groups is 1. The number of aromatic amines is 1. The van der Waals surface area contributed by atoms with E-state index in [1.165, 1.54) is 16.7 Å². The van der Waals surface area contributed by atoms with Crippen LogP contribution in [0.3, 0.4) is 0 Å². The highest BCUT2D eigenvalue weighted by Gasteiger charge is 2.22. The van der Waals surface area contributed by atoms with Crippen molar-refractivity contribution in [3.05, 3.63) is 63.5 Å². The number of carboxylic acids is 1. The zero-order valence-electron chi connectivity index (χ0n) is 18.3. The van der Waals surface area contributed by atoms with Crippen molar-refractivity contribution in [3.8, 4) is 11.1 Å². The van der Waals surface area contributed by atoms with Crippen molar-refractivity contribution in [1.82, 2.24) is 19.4 Å². The lowest BCUT2D eigenvalue weighted by molar-refractivity contribution is 0.0694. The highest BCUT2D eigenvalue weighted by Crippen LogP contribution is 2.44. The van der Waals surface area contributed by atoms with Gasteiger partial charge < -0.3 is 20.3 Å². The fourth-order valence-electron chi connectivity index (χ4n) is 4.20. The summed E-state index contributed by atoms with van der Waals surface area (Å²) in [6.07, 6.45) is 4.19. The van der Waals surface area contributed by atoms with E-state index < -0.39 is 22.9 Å². The number of rotatable bonds is 4. The molecule has 0 spiro atoms. The van der Waals surface area contributed by atoms with Crippen LogP contribution in [0.2, 0.25) is 5.02 Å². The lowest BCUT2D eigenvalue weighted by Gasteiger charge is -2.19. The van der Waals surface area contributed by atoms with Crippen molar-refractivity contribution in [3.63, 3.8) is 0 Å². The Hall–Kier alpha value is -4.18. The minimum atomic E-state index is -1.36. The van der Waals surface area contributed by atoms with Crippen molar-refractivity contribution in [2.45, 2.75) is 0 Å². The molecular weight excluding hydrogens is 463 g/mol. The number of pyridine rings is 2. The second kappa shape index (κ2) is 7.70. The number of nitrogens with one attached hydrogen (secondary N) is 2. The molecule has 172 valence electrons. The molecule has 0 amide bonds. The molecule has 0 saturated heterocycles. The quantitative estimate of drug-likeness (QED) is 0.356. The highest BCUT2D eigenvalue weighted by molar-refractivity contribution is 6.39. The summed E-state index contributed by atoms with van der Waals surface area (Å²) in [5.41, 5.74) is 2.75. The summed E-state index contributed by atoms with van der Waals surface area (Å²) in [5, 5.41) is 13.3. The second-order valence-electron chi connectivity index (χ2n) is 7.91. The molecule has 5 aromatic rings. The van der Waals surface area contributed by atoms with Gasteiger partial charge in [-0.1, -0.05) is 11.6 Å². The summed E-state index contributed by atoms with van der Waals surface area (Å²) in [6, 6.07) is 4.69. The van der Waals surface area contributed by atoms with Crippen LogP contribution < -0.4 is 15.8 Å². The first kappa shape index (κ1) is 21.7. The molecular formula is C23H18ClFN6O3. The standard InChI is InChI=1S/C23H18ClFN6O3/c1-26-14-6-13(25)18(24)16-17-20(30(2)3)11(7-28-21(17)29-19(14)16)10-4-5-15-27-8-12(23(33)34)22(32)31(15)9-10/h4-9,26H,1-3H3,(H,28,29)(H,33,34). The van der Waals surface area contributed by atoms with Gasteiger partial charge in [0.2, 0.25) is 0 Å². The summed E-state index contributed by atoms with van der Waals surface area (Å²) in [4.78, 5) is 37.8. The zero-order valence-corrected chi connectivity index (χ0v) is 19.0. The van der Waals surface area contributed by atoms with Crippen molar-refractivity contribution in [2.24, 2.45) is 0 Å². The molecule has 0 saturated carbocycles. The van der Waals surface area contributed by atoms with E-state index in [4.69, 9.17) is 11.6 Å². The smallest absolute Gasteiger partial charge is 0.342 e. The maximum Gasteiger partial charge on any atom is 0.342 e. The fraction of sp³-hybridized carbons (Fsp3) is 0.130. The average Bonchev–Trinajstić information content (AvgIpc) is 3.20. The Bertz CT molecular complexity index is 1710. The van der Waals surface area contributed by atoms with Crippen molar-refractivity contribution >= 4 is 56.5 Å². The Morgan fingerprint density at radius 2 is 2.00 bits per heavy atom. The summed E-state index contributed by atoms with van der Waals surface area (Å²) in [6.45, 7) is 0. The molecule has 0 aliphatic rings. The predicted octanol–water partition coefficient (Wildman–Crippen LogP) is 3.99. The molecule has 0 unspecified atom stereocenters. The number of halogens is 2. The predicted molar refractivity (Wildman–Crippen MR) is 130 cm³/mol. The zero-order chi connectivity index (χ0) is 24.3. The van der Waals surface area contributed by atoms with Gasteiger partial charge in [-0.3, -0.25) is 9.20 Å². The Morgan fingerprint density at radius 3 is 2.68 bits per heavy atom. The molecule has 3 N–H and O–H groups in total. The van der Waals surface area contributed by atoms with Gasteiger partial charge in [-0.15, -0.1) is 0 Å². The van der Waals surface area contributed by atoms with Gasteiger partial charge in [0.05, 0.1) is 27.3 Å². The maximum absolute atomic E-state index is 14.7. The van der Waals surface area contributed by atoms with Crippen LogP contribution in [0, 0.1) is 5.82 Å². The van der Waals surface area contributed by atoms with Gasteiger partial charge in [-0.25, -0.2) is 19.2 Å². The second-order valence-corrected chi connectivity index (χ2v) is 8.29. The number of fused-ring (bicyclic) bond motifs is 4. The van der Waals surface area contributed by atoms with E-state index in [1.807, 2.05) is 19.0 Å². The van der Waals surface area contributed by atoms with Gasteiger partial charge in [0.25, 0.3) is 5.56 Å². The minimum absolute atomic E-state index is 0.0349. The summed E-state index contributed by atoms with van der Waals surface area (Å²) in [5.74, 6) is -1.93. The van der Waals surface area contributed by atoms with E-state index in [-0.39, 0.29) is 5.02 Å². The summed E-state index contributed by atoms with van der Waals surface area (Å²) >= 11 is 6.42. The number of benzene rings is 1. The molecule has 11 heteroatoms. The third-order valence-corrected chi connectivity index (χ3v) is 6.09. The van der Waals surface area contributed by atoms with Gasteiger partial charge in [-0.05, 0) is 12.1 Å². The van der Waals surface area contributed by atoms with Gasteiger partial charge >= 0.3 is 5.97 Å². The monoisotopic (exact) mass is 480 g/mol. The summed E-state index contributed by atoms with van der Waals surface area (Å²) in [7, 11) is 5.35. The van der Waals surface area contributed by atoms with Gasteiger partial charge in [0.15, 0.2) is 0 Å². The molecule has 5 rings (SSSR count). The van der Waals surface area contributed by atoms with Gasteiger partial charge in [-0.2, -0.15) is 0 Å². The Kier molecular flexibility index (Phi) is 4.90. The Balaban J connectivity index is 1.89. The molecule has 34 heavy (non-hydrogen) atoms. The minimum Gasteiger partial charge on any atom is -0.477 e. The molecule has 0 aliphatic heterocycles.